The molecule has 0 amide bonds. The van der Waals surface area contributed by atoms with E-state index < -0.39 is 24.3 Å². The Balaban J connectivity index is 2.12. The predicted octanol–water partition coefficient (Wildman–Crippen LogP) is 3.83. The van der Waals surface area contributed by atoms with Gasteiger partial charge in [-0.2, -0.15) is 0 Å². The highest BCUT2D eigenvalue weighted by Crippen LogP contribution is 2.29. The fourth-order valence-electron chi connectivity index (χ4n) is 3.13. The zero-order valence-electron chi connectivity index (χ0n) is 16.8. The lowest BCUT2D eigenvalue weighted by atomic mass is 10.2. The number of hydrogen-bond donors (Lipinski definition) is 0. The molecule has 0 saturated heterocycles. The number of hydrogen-bond acceptors (Lipinski definition) is 6. The molecule has 0 fully saturated rings. The van der Waals surface area contributed by atoms with Crippen molar-refractivity contribution in [2.45, 2.75) is 32.1 Å². The Morgan fingerprint density at radius 2 is 1.57 bits per heavy atom. The van der Waals surface area contributed by atoms with Crippen LogP contribution in [-0.4, -0.2) is 40.8 Å². The Morgan fingerprint density at radius 3 is 2.17 bits per heavy atom. The zero-order valence-corrected chi connectivity index (χ0v) is 17.5. The lowest BCUT2D eigenvalue weighted by molar-refractivity contribution is -0.179. The number of esters is 2. The number of carbonyl (C=O) groups is 2. The molecular weight excluding hydrogens is 408 g/mol. The summed E-state index contributed by atoms with van der Waals surface area (Å²) in [6, 6.07) is 16.7. The van der Waals surface area contributed by atoms with E-state index in [4.69, 9.17) is 25.8 Å². The van der Waals surface area contributed by atoms with Gasteiger partial charge in [0, 0.05) is 5.56 Å². The molecular formula is C22H23ClN2O5. The summed E-state index contributed by atoms with van der Waals surface area (Å²) in [7, 11) is 0. The molecule has 0 bridgehead atoms. The third-order valence-corrected chi connectivity index (χ3v) is 4.61. The van der Waals surface area contributed by atoms with Gasteiger partial charge in [-0.15, -0.1) is 11.6 Å². The molecule has 0 aliphatic rings. The Hall–Kier alpha value is -2.90. The van der Waals surface area contributed by atoms with Crippen molar-refractivity contribution < 1.29 is 23.8 Å². The van der Waals surface area contributed by atoms with E-state index in [1.165, 1.54) is 0 Å². The van der Waals surface area contributed by atoms with Crippen LogP contribution in [0.5, 0.6) is 0 Å². The van der Waals surface area contributed by atoms with Gasteiger partial charge in [-0.3, -0.25) is 4.57 Å². The van der Waals surface area contributed by atoms with Crippen LogP contribution in [0.1, 0.15) is 31.5 Å². The van der Waals surface area contributed by atoms with Gasteiger partial charge in [0.1, 0.15) is 5.82 Å². The van der Waals surface area contributed by atoms with E-state index in [9.17, 15) is 9.59 Å². The minimum Gasteiger partial charge on any atom is -0.464 e. The molecule has 3 aromatic rings. The van der Waals surface area contributed by atoms with Crippen molar-refractivity contribution in [1.29, 1.82) is 0 Å². The minimum absolute atomic E-state index is 0.106. The average molecular weight is 431 g/mol. The number of aromatic nitrogens is 2. The number of para-hydroxylation sites is 2. The molecule has 0 radical (unpaired) electrons. The second-order valence-electron chi connectivity index (χ2n) is 6.30. The van der Waals surface area contributed by atoms with E-state index in [0.29, 0.717) is 11.4 Å². The van der Waals surface area contributed by atoms with Crippen molar-refractivity contribution >= 4 is 34.6 Å². The summed E-state index contributed by atoms with van der Waals surface area (Å²) in [6.07, 6.45) is -2.41. The van der Waals surface area contributed by atoms with Crippen LogP contribution in [0.15, 0.2) is 54.6 Å². The first-order valence-corrected chi connectivity index (χ1v) is 10.2. The van der Waals surface area contributed by atoms with Gasteiger partial charge >= 0.3 is 11.9 Å². The quantitative estimate of drug-likeness (QED) is 0.291. The molecule has 0 spiro atoms. The molecule has 8 heteroatoms. The number of ether oxygens (including phenoxy) is 3. The Kier molecular flexibility index (Phi) is 7.43. The normalized spacial score (nSPS) is 12.1. The van der Waals surface area contributed by atoms with Gasteiger partial charge in [0.25, 0.3) is 6.10 Å². The number of rotatable bonds is 9. The first-order chi connectivity index (χ1) is 14.6. The maximum Gasteiger partial charge on any atom is 0.347 e. The van der Waals surface area contributed by atoms with Crippen molar-refractivity contribution in [2.24, 2.45) is 0 Å². The second kappa shape index (κ2) is 10.2. The van der Waals surface area contributed by atoms with Crippen LogP contribution in [0.2, 0.25) is 0 Å². The molecule has 0 saturated carbocycles. The lowest BCUT2D eigenvalue weighted by Gasteiger charge is -2.26. The summed E-state index contributed by atoms with van der Waals surface area (Å²) >= 11 is 6.17. The molecule has 1 aromatic heterocycles. The third kappa shape index (κ3) is 4.63. The van der Waals surface area contributed by atoms with Crippen LogP contribution in [-0.2, 0) is 29.7 Å². The van der Waals surface area contributed by atoms with E-state index in [1.807, 2.05) is 54.6 Å². The van der Waals surface area contributed by atoms with E-state index in [2.05, 4.69) is 4.98 Å². The first-order valence-electron chi connectivity index (χ1n) is 9.66. The van der Waals surface area contributed by atoms with Crippen molar-refractivity contribution in [3.8, 4) is 0 Å². The van der Waals surface area contributed by atoms with E-state index in [-0.39, 0.29) is 19.1 Å². The third-order valence-electron chi connectivity index (χ3n) is 4.37. The van der Waals surface area contributed by atoms with Crippen LogP contribution in [0.4, 0.5) is 0 Å². The lowest BCUT2D eigenvalue weighted by Crippen LogP contribution is -2.38. The molecule has 158 valence electrons. The summed E-state index contributed by atoms with van der Waals surface area (Å²) in [5, 5.41) is 0. The molecule has 0 N–H and O–H groups in total. The smallest absolute Gasteiger partial charge is 0.347 e. The van der Waals surface area contributed by atoms with Crippen molar-refractivity contribution in [1.82, 2.24) is 9.55 Å². The zero-order chi connectivity index (χ0) is 21.5. The molecule has 1 atom stereocenters. The molecule has 0 unspecified atom stereocenters. The van der Waals surface area contributed by atoms with Gasteiger partial charge in [-0.05, 0) is 26.0 Å². The fraction of sp³-hybridized carbons (Fsp3) is 0.318. The molecule has 3 rings (SSSR count). The molecule has 0 aliphatic carbocycles. The summed E-state index contributed by atoms with van der Waals surface area (Å²) in [5.74, 6) is -0.967. The van der Waals surface area contributed by atoms with Crippen LogP contribution >= 0.6 is 11.6 Å². The monoisotopic (exact) mass is 430 g/mol. The standard InChI is InChI=1S/C22H23ClN2O5/c1-3-28-21(26)19(22(27)29-4-2)30-20(15-10-6-5-7-11-15)25-17-13-9-8-12-16(17)24-18(25)14-23/h5-13,19-20H,3-4,14H2,1-2H3/t20-/m1/s1. The van der Waals surface area contributed by atoms with Crippen molar-refractivity contribution in [2.75, 3.05) is 13.2 Å². The molecule has 30 heavy (non-hydrogen) atoms. The molecule has 7 nitrogen and oxygen atoms in total. The van der Waals surface area contributed by atoms with Crippen LogP contribution < -0.4 is 0 Å². The first kappa shape index (κ1) is 21.8. The molecule has 1 heterocycles. The van der Waals surface area contributed by atoms with Crippen molar-refractivity contribution in [3.05, 3.63) is 66.0 Å². The number of alkyl halides is 1. The summed E-state index contributed by atoms with van der Waals surface area (Å²) < 4.78 is 18.0. The molecule has 0 aliphatic heterocycles. The summed E-state index contributed by atoms with van der Waals surface area (Å²) in [5.41, 5.74) is 2.19. The number of imidazole rings is 1. The number of benzene rings is 2. The number of fused-ring (bicyclic) bond motifs is 1. The van der Waals surface area contributed by atoms with Crippen LogP contribution in [0, 0.1) is 0 Å². The maximum atomic E-state index is 12.5. The van der Waals surface area contributed by atoms with Crippen LogP contribution in [0.3, 0.4) is 0 Å². The predicted molar refractivity (Wildman–Crippen MR) is 112 cm³/mol. The molecule has 2 aromatic carbocycles. The minimum atomic E-state index is -1.56. The Labute approximate surface area is 179 Å². The Morgan fingerprint density at radius 1 is 0.967 bits per heavy atom. The Bertz CT molecular complexity index is 987. The number of nitrogens with zero attached hydrogens (tertiary/aromatic N) is 2. The fourth-order valence-corrected chi connectivity index (χ4v) is 3.32. The van der Waals surface area contributed by atoms with E-state index >= 15 is 0 Å². The highest BCUT2D eigenvalue weighted by Gasteiger charge is 2.35. The van der Waals surface area contributed by atoms with Gasteiger partial charge in [0.05, 0.1) is 30.1 Å². The van der Waals surface area contributed by atoms with E-state index in [1.54, 1.807) is 18.4 Å². The van der Waals surface area contributed by atoms with Gasteiger partial charge in [-0.25, -0.2) is 14.6 Å². The van der Waals surface area contributed by atoms with Gasteiger partial charge in [0.2, 0.25) is 0 Å². The topological polar surface area (TPSA) is 79.7 Å². The van der Waals surface area contributed by atoms with E-state index in [0.717, 1.165) is 11.0 Å². The maximum absolute atomic E-state index is 12.5. The summed E-state index contributed by atoms with van der Waals surface area (Å²) in [6.45, 7) is 3.53. The second-order valence-corrected chi connectivity index (χ2v) is 6.57. The van der Waals surface area contributed by atoms with Crippen molar-refractivity contribution in [3.63, 3.8) is 0 Å². The summed E-state index contributed by atoms with van der Waals surface area (Å²) in [4.78, 5) is 29.6. The highest BCUT2D eigenvalue weighted by molar-refractivity contribution is 6.16. The number of carbonyl (C=O) groups excluding carboxylic acids is 2. The number of halogens is 1. The van der Waals surface area contributed by atoms with Gasteiger partial charge in [-0.1, -0.05) is 42.5 Å². The van der Waals surface area contributed by atoms with Gasteiger partial charge in [0.15, 0.2) is 6.23 Å². The SMILES string of the molecule is CCOC(=O)C(O[C@H](c1ccccc1)n1c(CCl)nc2ccccc21)C(=O)OCC. The average Bonchev–Trinajstić information content (AvgIpc) is 3.14. The van der Waals surface area contributed by atoms with Gasteiger partial charge < -0.3 is 14.2 Å². The van der Waals surface area contributed by atoms with Crippen LogP contribution in [0.25, 0.3) is 11.0 Å². The highest BCUT2D eigenvalue weighted by atomic mass is 35.5. The largest absolute Gasteiger partial charge is 0.464 e.